The molecule has 0 amide bonds. The van der Waals surface area contributed by atoms with Gasteiger partial charge in [0.15, 0.2) is 5.13 Å². The molecule has 0 fully saturated rings. The number of carbonyl (C=O) groups excluding carboxylic acids is 1. The second kappa shape index (κ2) is 10.0. The Morgan fingerprint density at radius 2 is 1.93 bits per heavy atom. The minimum atomic E-state index is -3.22. The molecule has 3 rings (SSSR count). The van der Waals surface area contributed by atoms with Crippen LogP contribution in [0, 0.1) is 0 Å². The van der Waals surface area contributed by atoms with Gasteiger partial charge in [0.2, 0.25) is 10.0 Å². The second-order valence-electron chi connectivity index (χ2n) is 6.26. The highest BCUT2D eigenvalue weighted by Gasteiger charge is 2.13. The Labute approximate surface area is 182 Å². The number of thiazole rings is 1. The highest BCUT2D eigenvalue weighted by molar-refractivity contribution is 7.88. The van der Waals surface area contributed by atoms with E-state index in [1.165, 1.54) is 22.7 Å². The van der Waals surface area contributed by atoms with Gasteiger partial charge in [-0.3, -0.25) is 0 Å². The third-order valence-electron chi connectivity index (χ3n) is 3.84. The Hall–Kier alpha value is -2.47. The van der Waals surface area contributed by atoms with E-state index in [1.54, 1.807) is 19.2 Å². The van der Waals surface area contributed by atoms with E-state index in [-0.39, 0.29) is 13.2 Å². The fraction of sp³-hybridized carbons (Fsp3) is 0.263. The van der Waals surface area contributed by atoms with Crippen molar-refractivity contribution in [2.45, 2.75) is 13.0 Å². The number of nitrogens with one attached hydrogen (secondary N) is 2. The van der Waals surface area contributed by atoms with Crippen LogP contribution in [0.25, 0.3) is 0 Å². The van der Waals surface area contributed by atoms with Crippen LogP contribution in [0.3, 0.4) is 0 Å². The maximum absolute atomic E-state index is 12.2. The third kappa shape index (κ3) is 6.80. The van der Waals surface area contributed by atoms with Crippen molar-refractivity contribution in [3.63, 3.8) is 0 Å². The molecule has 11 heteroatoms. The monoisotopic (exact) mass is 467 g/mol. The Morgan fingerprint density at radius 3 is 2.63 bits per heavy atom. The molecule has 0 saturated carbocycles. The second-order valence-corrected chi connectivity index (χ2v) is 10.1. The number of hydrogen-bond donors (Lipinski definition) is 2. The van der Waals surface area contributed by atoms with Gasteiger partial charge < -0.3 is 14.8 Å². The van der Waals surface area contributed by atoms with Crippen LogP contribution < -0.4 is 14.8 Å². The number of nitrogens with zero attached hydrogens (tertiary/aromatic N) is 1. The van der Waals surface area contributed by atoms with Gasteiger partial charge in [-0.05, 0) is 42.8 Å². The summed E-state index contributed by atoms with van der Waals surface area (Å²) in [6.07, 6.45) is 1.62. The lowest BCUT2D eigenvalue weighted by Crippen LogP contribution is -2.23. The molecular weight excluding hydrogens is 446 g/mol. The lowest BCUT2D eigenvalue weighted by Gasteiger charge is -2.04. The highest BCUT2D eigenvalue weighted by Crippen LogP contribution is 2.24. The molecule has 2 heterocycles. The average Bonchev–Trinajstić information content (AvgIpc) is 3.35. The zero-order chi connectivity index (χ0) is 21.6. The Bertz CT molecular complexity index is 1090. The zero-order valence-electron chi connectivity index (χ0n) is 16.4. The van der Waals surface area contributed by atoms with Crippen molar-refractivity contribution < 1.29 is 22.7 Å². The number of methoxy groups -OCH3 is 1. The van der Waals surface area contributed by atoms with E-state index in [0.29, 0.717) is 22.1 Å². The molecule has 3 aromatic rings. The number of sulfonamides is 1. The summed E-state index contributed by atoms with van der Waals surface area (Å²) in [7, 11) is -1.60. The lowest BCUT2D eigenvalue weighted by atomic mass is 10.3. The van der Waals surface area contributed by atoms with E-state index in [2.05, 4.69) is 15.0 Å². The van der Waals surface area contributed by atoms with E-state index in [0.717, 1.165) is 22.6 Å². The molecule has 0 saturated heterocycles. The van der Waals surface area contributed by atoms with E-state index in [4.69, 9.17) is 9.47 Å². The van der Waals surface area contributed by atoms with Gasteiger partial charge in [0.25, 0.3) is 0 Å². The number of aromatic nitrogens is 1. The minimum absolute atomic E-state index is 0.0719. The number of thiophene rings is 1. The van der Waals surface area contributed by atoms with Crippen LogP contribution >= 0.6 is 22.7 Å². The Balaban J connectivity index is 1.48. The Kier molecular flexibility index (Phi) is 7.43. The summed E-state index contributed by atoms with van der Waals surface area (Å²) < 4.78 is 35.1. The number of rotatable bonds is 10. The van der Waals surface area contributed by atoms with Crippen LogP contribution in [-0.4, -0.2) is 39.3 Å². The largest absolute Gasteiger partial charge is 0.497 e. The van der Waals surface area contributed by atoms with Crippen molar-refractivity contribution in [2.75, 3.05) is 25.2 Å². The normalized spacial score (nSPS) is 11.3. The smallest absolute Gasteiger partial charge is 0.348 e. The fourth-order valence-corrected chi connectivity index (χ4v) is 4.51. The van der Waals surface area contributed by atoms with Gasteiger partial charge in [0, 0.05) is 22.5 Å². The van der Waals surface area contributed by atoms with Gasteiger partial charge in [-0.2, -0.15) is 0 Å². The molecule has 0 atom stereocenters. The first-order valence-electron chi connectivity index (χ1n) is 8.88. The van der Waals surface area contributed by atoms with E-state index >= 15 is 0 Å². The van der Waals surface area contributed by atoms with Crippen molar-refractivity contribution in [3.05, 3.63) is 57.2 Å². The molecule has 1 aromatic carbocycles. The topological polar surface area (TPSA) is 107 Å². The maximum atomic E-state index is 12.2. The van der Waals surface area contributed by atoms with Crippen molar-refractivity contribution in [3.8, 4) is 5.75 Å². The molecule has 160 valence electrons. The molecule has 0 aliphatic heterocycles. The SMILES string of the molecule is COc1ccc(Nc2nc(COC(=O)c3ccc(CCNS(C)(=O)=O)s3)cs2)cc1. The standard InChI is InChI=1S/C19H21N3O5S3/c1-26-15-5-3-13(4-6-15)21-19-22-14(12-28-19)11-27-18(23)17-8-7-16(29-17)9-10-20-30(2,24)25/h3-8,12,20H,9-11H2,1-2H3,(H,21,22). The molecule has 0 unspecified atom stereocenters. The third-order valence-corrected chi connectivity index (χ3v) is 6.50. The lowest BCUT2D eigenvalue weighted by molar-refractivity contribution is 0.0474. The average molecular weight is 468 g/mol. The van der Waals surface area contributed by atoms with Crippen molar-refractivity contribution in [1.29, 1.82) is 0 Å². The summed E-state index contributed by atoms with van der Waals surface area (Å²) in [4.78, 5) is 18.0. The van der Waals surface area contributed by atoms with Crippen LogP contribution in [0.1, 0.15) is 20.2 Å². The van der Waals surface area contributed by atoms with E-state index < -0.39 is 16.0 Å². The summed E-state index contributed by atoms with van der Waals surface area (Å²) in [5.41, 5.74) is 1.53. The highest BCUT2D eigenvalue weighted by atomic mass is 32.2. The van der Waals surface area contributed by atoms with Crippen LogP contribution in [0.15, 0.2) is 41.8 Å². The van der Waals surface area contributed by atoms with Crippen LogP contribution in [0.4, 0.5) is 10.8 Å². The first kappa shape index (κ1) is 22.2. The molecule has 0 radical (unpaired) electrons. The van der Waals surface area contributed by atoms with Gasteiger partial charge >= 0.3 is 5.97 Å². The van der Waals surface area contributed by atoms with E-state index in [9.17, 15) is 13.2 Å². The predicted molar refractivity (Wildman–Crippen MR) is 118 cm³/mol. The molecular formula is C19H21N3O5S3. The van der Waals surface area contributed by atoms with Crippen molar-refractivity contribution in [1.82, 2.24) is 9.71 Å². The Morgan fingerprint density at radius 1 is 1.17 bits per heavy atom. The molecule has 2 aromatic heterocycles. The quantitative estimate of drug-likeness (QED) is 0.440. The van der Waals surface area contributed by atoms with Crippen LogP contribution in [-0.2, 0) is 27.8 Å². The summed E-state index contributed by atoms with van der Waals surface area (Å²) in [6, 6.07) is 11.0. The van der Waals surface area contributed by atoms with Crippen LogP contribution in [0.2, 0.25) is 0 Å². The molecule has 0 aliphatic carbocycles. The molecule has 2 N–H and O–H groups in total. The van der Waals surface area contributed by atoms with Crippen molar-refractivity contribution in [2.24, 2.45) is 0 Å². The summed E-state index contributed by atoms with van der Waals surface area (Å²) >= 11 is 2.71. The fourth-order valence-electron chi connectivity index (χ4n) is 2.42. The summed E-state index contributed by atoms with van der Waals surface area (Å²) in [5, 5.41) is 5.72. The van der Waals surface area contributed by atoms with Gasteiger partial charge in [0.1, 0.15) is 17.2 Å². The molecule has 8 nitrogen and oxygen atoms in total. The van der Waals surface area contributed by atoms with E-state index in [1.807, 2.05) is 29.6 Å². The maximum Gasteiger partial charge on any atom is 0.348 e. The molecule has 0 bridgehead atoms. The van der Waals surface area contributed by atoms with Gasteiger partial charge in [0.05, 0.1) is 19.1 Å². The number of ether oxygens (including phenoxy) is 2. The predicted octanol–water partition coefficient (Wildman–Crippen LogP) is 3.41. The molecule has 30 heavy (non-hydrogen) atoms. The zero-order valence-corrected chi connectivity index (χ0v) is 18.8. The molecule has 0 aliphatic rings. The number of hydrogen-bond acceptors (Lipinski definition) is 9. The summed E-state index contributed by atoms with van der Waals surface area (Å²) in [6.45, 7) is 0.360. The van der Waals surface area contributed by atoms with Crippen LogP contribution in [0.5, 0.6) is 5.75 Å². The number of esters is 1. The van der Waals surface area contributed by atoms with Crippen molar-refractivity contribution >= 4 is 49.5 Å². The van der Waals surface area contributed by atoms with Gasteiger partial charge in [-0.15, -0.1) is 22.7 Å². The molecule has 0 spiro atoms. The first-order valence-corrected chi connectivity index (χ1v) is 12.5. The first-order chi connectivity index (χ1) is 14.3. The number of carbonyl (C=O) groups is 1. The number of anilines is 2. The van der Waals surface area contributed by atoms with Gasteiger partial charge in [-0.25, -0.2) is 22.9 Å². The summed E-state index contributed by atoms with van der Waals surface area (Å²) in [5.74, 6) is 0.343. The minimum Gasteiger partial charge on any atom is -0.497 e. The van der Waals surface area contributed by atoms with Gasteiger partial charge in [-0.1, -0.05) is 0 Å². The number of benzene rings is 1.